The first kappa shape index (κ1) is 20.1. The number of hydrogen-bond acceptors (Lipinski definition) is 6. The van der Waals surface area contributed by atoms with Gasteiger partial charge in [0.25, 0.3) is 0 Å². The summed E-state index contributed by atoms with van der Waals surface area (Å²) in [6.07, 6.45) is 3.87. The molecule has 1 aromatic carbocycles. The molecule has 4 aromatic rings. The standard InChI is InChI=1S/C25H26FN7/c26-19-5-1-4-18(16-19)21-7-3-13-32(21)25-10-9-23-28-17-22(33(23)30-25)20-6-2-8-24(29-20)31-14-11-27-12-15-31/h1-2,4-6,8-10,16-17,21,27H,3,7,11-15H2/t21-/m1/s1. The van der Waals surface area contributed by atoms with Crippen molar-refractivity contribution >= 4 is 17.3 Å². The topological polar surface area (TPSA) is 61.6 Å². The van der Waals surface area contributed by atoms with Crippen LogP contribution >= 0.6 is 0 Å². The van der Waals surface area contributed by atoms with E-state index in [0.29, 0.717) is 0 Å². The van der Waals surface area contributed by atoms with Crippen LogP contribution < -0.4 is 15.1 Å². The molecule has 1 atom stereocenters. The van der Waals surface area contributed by atoms with Crippen molar-refractivity contribution in [2.24, 2.45) is 0 Å². The summed E-state index contributed by atoms with van der Waals surface area (Å²) in [4.78, 5) is 14.1. The minimum Gasteiger partial charge on any atom is -0.354 e. The fraction of sp³-hybridized carbons (Fsp3) is 0.320. The van der Waals surface area contributed by atoms with E-state index in [-0.39, 0.29) is 11.9 Å². The van der Waals surface area contributed by atoms with E-state index in [1.165, 1.54) is 6.07 Å². The molecule has 0 bridgehead atoms. The van der Waals surface area contributed by atoms with Gasteiger partial charge < -0.3 is 15.1 Å². The fourth-order valence-corrected chi connectivity index (χ4v) is 4.93. The molecule has 0 aliphatic carbocycles. The zero-order valence-electron chi connectivity index (χ0n) is 18.4. The predicted octanol–water partition coefficient (Wildman–Crippen LogP) is 3.68. The minimum atomic E-state index is -0.199. The number of benzene rings is 1. The van der Waals surface area contributed by atoms with Gasteiger partial charge in [-0.1, -0.05) is 18.2 Å². The van der Waals surface area contributed by atoms with Crippen molar-refractivity contribution < 1.29 is 4.39 Å². The molecule has 2 fully saturated rings. The van der Waals surface area contributed by atoms with E-state index in [9.17, 15) is 4.39 Å². The van der Waals surface area contributed by atoms with Crippen molar-refractivity contribution in [2.75, 3.05) is 42.5 Å². The highest BCUT2D eigenvalue weighted by Gasteiger charge is 2.28. The molecule has 0 amide bonds. The predicted molar refractivity (Wildman–Crippen MR) is 127 cm³/mol. The number of pyridine rings is 1. The summed E-state index contributed by atoms with van der Waals surface area (Å²) >= 11 is 0. The molecule has 8 heteroatoms. The van der Waals surface area contributed by atoms with Gasteiger partial charge in [0.05, 0.1) is 17.9 Å². The van der Waals surface area contributed by atoms with Crippen molar-refractivity contribution in [1.82, 2.24) is 24.9 Å². The lowest BCUT2D eigenvalue weighted by atomic mass is 10.0. The third kappa shape index (κ3) is 3.80. The number of piperazine rings is 1. The average molecular weight is 444 g/mol. The Balaban J connectivity index is 1.36. The molecule has 2 saturated heterocycles. The molecule has 2 aliphatic rings. The molecule has 0 spiro atoms. The van der Waals surface area contributed by atoms with Gasteiger partial charge in [0.15, 0.2) is 5.65 Å². The second kappa shape index (κ2) is 8.44. The van der Waals surface area contributed by atoms with Gasteiger partial charge in [-0.3, -0.25) is 0 Å². The molecule has 1 N–H and O–H groups in total. The molecule has 7 nitrogen and oxygen atoms in total. The molecule has 0 radical (unpaired) electrons. The Hall–Kier alpha value is -3.52. The highest BCUT2D eigenvalue weighted by molar-refractivity contribution is 5.62. The molecule has 0 unspecified atom stereocenters. The van der Waals surface area contributed by atoms with Gasteiger partial charge >= 0.3 is 0 Å². The number of aromatic nitrogens is 4. The zero-order valence-corrected chi connectivity index (χ0v) is 18.4. The Morgan fingerprint density at radius 3 is 2.70 bits per heavy atom. The molecule has 168 valence electrons. The lowest BCUT2D eigenvalue weighted by Crippen LogP contribution is -2.43. The van der Waals surface area contributed by atoms with Gasteiger partial charge in [0.2, 0.25) is 0 Å². The van der Waals surface area contributed by atoms with Gasteiger partial charge in [-0.15, -0.1) is 5.10 Å². The molecular formula is C25H26FN7. The van der Waals surface area contributed by atoms with Crippen molar-refractivity contribution in [3.63, 3.8) is 0 Å². The summed E-state index contributed by atoms with van der Waals surface area (Å²) in [5, 5.41) is 8.34. The van der Waals surface area contributed by atoms with E-state index < -0.39 is 0 Å². The molecular weight excluding hydrogens is 417 g/mol. The van der Waals surface area contributed by atoms with Crippen molar-refractivity contribution in [2.45, 2.75) is 18.9 Å². The molecule has 3 aromatic heterocycles. The van der Waals surface area contributed by atoms with E-state index in [0.717, 1.165) is 79.8 Å². The monoisotopic (exact) mass is 443 g/mol. The number of nitrogens with zero attached hydrogens (tertiary/aromatic N) is 6. The van der Waals surface area contributed by atoms with Crippen LogP contribution in [-0.2, 0) is 0 Å². The number of hydrogen-bond donors (Lipinski definition) is 1. The Bertz CT molecular complexity index is 1280. The SMILES string of the molecule is Fc1cccc([C@H]2CCCN2c2ccc3ncc(-c4cccc(N5CCNCC5)n4)n3n2)c1. The number of imidazole rings is 1. The van der Waals surface area contributed by atoms with Crippen LogP contribution in [0.2, 0.25) is 0 Å². The van der Waals surface area contributed by atoms with Crippen LogP contribution in [0.5, 0.6) is 0 Å². The number of nitrogens with one attached hydrogen (secondary N) is 1. The first-order chi connectivity index (χ1) is 16.3. The molecule has 6 rings (SSSR count). The third-order valence-electron chi connectivity index (χ3n) is 6.57. The maximum Gasteiger partial charge on any atom is 0.154 e. The van der Waals surface area contributed by atoms with Crippen LogP contribution in [0, 0.1) is 5.82 Å². The maximum absolute atomic E-state index is 13.9. The Labute approximate surface area is 191 Å². The van der Waals surface area contributed by atoms with Crippen LogP contribution in [0.3, 0.4) is 0 Å². The van der Waals surface area contributed by atoms with E-state index in [1.54, 1.807) is 12.1 Å². The van der Waals surface area contributed by atoms with E-state index in [4.69, 9.17) is 10.1 Å². The smallest absolute Gasteiger partial charge is 0.154 e. The Morgan fingerprint density at radius 1 is 0.939 bits per heavy atom. The highest BCUT2D eigenvalue weighted by Crippen LogP contribution is 2.35. The fourth-order valence-electron chi connectivity index (χ4n) is 4.93. The summed E-state index contributed by atoms with van der Waals surface area (Å²) in [6, 6.07) is 17.1. The van der Waals surface area contributed by atoms with Crippen LogP contribution in [0.25, 0.3) is 17.0 Å². The second-order valence-corrected chi connectivity index (χ2v) is 8.63. The van der Waals surface area contributed by atoms with Gasteiger partial charge in [-0.05, 0) is 54.8 Å². The van der Waals surface area contributed by atoms with Crippen molar-refractivity contribution in [1.29, 1.82) is 0 Å². The largest absolute Gasteiger partial charge is 0.354 e. The first-order valence-corrected chi connectivity index (χ1v) is 11.6. The van der Waals surface area contributed by atoms with Crippen LogP contribution in [0.15, 0.2) is 60.8 Å². The summed E-state index contributed by atoms with van der Waals surface area (Å²) in [7, 11) is 0. The highest BCUT2D eigenvalue weighted by atomic mass is 19.1. The quantitative estimate of drug-likeness (QED) is 0.519. The zero-order chi connectivity index (χ0) is 22.2. The Morgan fingerprint density at radius 2 is 1.82 bits per heavy atom. The first-order valence-electron chi connectivity index (χ1n) is 11.6. The molecule has 5 heterocycles. The maximum atomic E-state index is 13.9. The van der Waals surface area contributed by atoms with Gasteiger partial charge in [-0.25, -0.2) is 18.9 Å². The minimum absolute atomic E-state index is 0.117. The molecule has 0 saturated carbocycles. The van der Waals surface area contributed by atoms with Crippen LogP contribution in [-0.4, -0.2) is 52.3 Å². The summed E-state index contributed by atoms with van der Waals surface area (Å²) in [5.41, 5.74) is 3.49. The van der Waals surface area contributed by atoms with Crippen molar-refractivity contribution in [3.8, 4) is 11.4 Å². The number of rotatable bonds is 4. The third-order valence-corrected chi connectivity index (χ3v) is 6.57. The number of fused-ring (bicyclic) bond motifs is 1. The van der Waals surface area contributed by atoms with Gasteiger partial charge in [0.1, 0.15) is 23.1 Å². The lowest BCUT2D eigenvalue weighted by Gasteiger charge is -2.28. The van der Waals surface area contributed by atoms with Crippen LogP contribution in [0.1, 0.15) is 24.4 Å². The van der Waals surface area contributed by atoms with Gasteiger partial charge in [0, 0.05) is 32.7 Å². The lowest BCUT2D eigenvalue weighted by molar-refractivity contribution is 0.585. The molecule has 2 aliphatic heterocycles. The number of halogens is 1. The van der Waals surface area contributed by atoms with Crippen molar-refractivity contribution in [3.05, 3.63) is 72.2 Å². The Kier molecular flexibility index (Phi) is 5.14. The van der Waals surface area contributed by atoms with Crippen LogP contribution in [0.4, 0.5) is 16.0 Å². The summed E-state index contributed by atoms with van der Waals surface area (Å²) in [5.74, 6) is 1.65. The molecule has 33 heavy (non-hydrogen) atoms. The van der Waals surface area contributed by atoms with E-state index in [2.05, 4.69) is 26.2 Å². The second-order valence-electron chi connectivity index (χ2n) is 8.63. The average Bonchev–Trinajstić information content (AvgIpc) is 3.52. The summed E-state index contributed by atoms with van der Waals surface area (Å²) in [6.45, 7) is 4.72. The van der Waals surface area contributed by atoms with E-state index >= 15 is 0 Å². The number of anilines is 2. The normalized spacial score (nSPS) is 18.9. The summed E-state index contributed by atoms with van der Waals surface area (Å²) < 4.78 is 15.7. The van der Waals surface area contributed by atoms with Gasteiger partial charge in [-0.2, -0.15) is 0 Å². The van der Waals surface area contributed by atoms with E-state index in [1.807, 2.05) is 41.0 Å².